The number of carboxylic acids is 1. The lowest BCUT2D eigenvalue weighted by molar-refractivity contribution is -0.147. The molecule has 1 aliphatic rings. The first kappa shape index (κ1) is 24.3. The van der Waals surface area contributed by atoms with Crippen molar-refractivity contribution < 1.29 is 24.2 Å². The molecule has 1 aliphatic carbocycles. The number of alkyl carbamates (subject to hydrolysis) is 1. The van der Waals surface area contributed by atoms with Gasteiger partial charge in [-0.25, -0.2) is 4.79 Å². The van der Waals surface area contributed by atoms with Crippen LogP contribution < -0.4 is 5.32 Å². The number of hydrogen-bond acceptors (Lipinski definition) is 4. The Kier molecular flexibility index (Phi) is 7.41. The molecule has 176 valence electrons. The Bertz CT molecular complexity index is 982. The van der Waals surface area contributed by atoms with Crippen molar-refractivity contribution in [3.8, 4) is 11.1 Å². The SMILES string of the molecule is CC(CNC(=O)OCC1c2ccccc2-c2ccccc21)C(=O)N(CC(=O)O)CC(C)(C)C. The summed E-state index contributed by atoms with van der Waals surface area (Å²) in [5, 5.41) is 11.8. The van der Waals surface area contributed by atoms with Crippen molar-refractivity contribution in [1.82, 2.24) is 10.2 Å². The summed E-state index contributed by atoms with van der Waals surface area (Å²) in [4.78, 5) is 37.7. The molecule has 0 saturated carbocycles. The molecule has 0 heterocycles. The summed E-state index contributed by atoms with van der Waals surface area (Å²) in [5.74, 6) is -2.00. The number of carboxylic acid groups (broad SMARTS) is 1. The zero-order chi connectivity index (χ0) is 24.2. The van der Waals surface area contributed by atoms with Gasteiger partial charge in [0.15, 0.2) is 0 Å². The summed E-state index contributed by atoms with van der Waals surface area (Å²) >= 11 is 0. The van der Waals surface area contributed by atoms with Gasteiger partial charge in [-0.3, -0.25) is 9.59 Å². The molecule has 33 heavy (non-hydrogen) atoms. The minimum Gasteiger partial charge on any atom is -0.480 e. The van der Waals surface area contributed by atoms with Crippen LogP contribution in [0, 0.1) is 11.3 Å². The summed E-state index contributed by atoms with van der Waals surface area (Å²) in [5.41, 5.74) is 4.31. The fourth-order valence-corrected chi connectivity index (χ4v) is 4.23. The van der Waals surface area contributed by atoms with Crippen molar-refractivity contribution in [2.24, 2.45) is 11.3 Å². The number of carbonyl (C=O) groups is 3. The van der Waals surface area contributed by atoms with Crippen LogP contribution in [0.25, 0.3) is 11.1 Å². The lowest BCUT2D eigenvalue weighted by Gasteiger charge is -2.30. The summed E-state index contributed by atoms with van der Waals surface area (Å²) in [6.07, 6.45) is -0.600. The molecular formula is C26H32N2O5. The van der Waals surface area contributed by atoms with Crippen LogP contribution in [0.2, 0.25) is 0 Å². The molecule has 7 nitrogen and oxygen atoms in total. The first-order valence-corrected chi connectivity index (χ1v) is 11.2. The highest BCUT2D eigenvalue weighted by molar-refractivity contribution is 5.83. The van der Waals surface area contributed by atoms with Gasteiger partial charge in [0.25, 0.3) is 0 Å². The van der Waals surface area contributed by atoms with Gasteiger partial charge in [0, 0.05) is 19.0 Å². The summed E-state index contributed by atoms with van der Waals surface area (Å²) in [6, 6.07) is 16.2. The number of amides is 2. The molecule has 0 saturated heterocycles. The van der Waals surface area contributed by atoms with Gasteiger partial charge in [0.1, 0.15) is 13.2 Å². The van der Waals surface area contributed by atoms with Crippen LogP contribution in [0.5, 0.6) is 0 Å². The quantitative estimate of drug-likeness (QED) is 0.628. The predicted octanol–water partition coefficient (Wildman–Crippen LogP) is 4.12. The highest BCUT2D eigenvalue weighted by Crippen LogP contribution is 2.44. The van der Waals surface area contributed by atoms with E-state index in [2.05, 4.69) is 17.4 Å². The molecular weight excluding hydrogens is 420 g/mol. The van der Waals surface area contributed by atoms with E-state index in [1.54, 1.807) is 6.92 Å². The second kappa shape index (κ2) is 10.1. The Morgan fingerprint density at radius 3 is 2.09 bits per heavy atom. The first-order chi connectivity index (χ1) is 15.6. The van der Waals surface area contributed by atoms with Crippen molar-refractivity contribution in [3.05, 3.63) is 59.7 Å². The molecule has 2 amide bonds. The summed E-state index contributed by atoms with van der Waals surface area (Å²) in [6.45, 7) is 7.69. The second-order valence-corrected chi connectivity index (χ2v) is 9.76. The maximum absolute atomic E-state index is 12.8. The van der Waals surface area contributed by atoms with E-state index in [1.807, 2.05) is 57.2 Å². The Hall–Kier alpha value is -3.35. The topological polar surface area (TPSA) is 95.9 Å². The molecule has 0 aromatic heterocycles. The van der Waals surface area contributed by atoms with Crippen molar-refractivity contribution in [3.63, 3.8) is 0 Å². The molecule has 2 aromatic rings. The van der Waals surface area contributed by atoms with Gasteiger partial charge in [0.05, 0.1) is 5.92 Å². The van der Waals surface area contributed by atoms with Crippen LogP contribution in [0.15, 0.2) is 48.5 Å². The van der Waals surface area contributed by atoms with Gasteiger partial charge >= 0.3 is 12.1 Å². The van der Waals surface area contributed by atoms with Gasteiger partial charge < -0.3 is 20.1 Å². The maximum Gasteiger partial charge on any atom is 0.407 e. The van der Waals surface area contributed by atoms with Crippen LogP contribution in [-0.2, 0) is 14.3 Å². The summed E-state index contributed by atoms with van der Waals surface area (Å²) in [7, 11) is 0. The standard InChI is InChI=1S/C26H32N2O5/c1-17(24(31)28(14-23(29)30)16-26(2,3)4)13-27-25(32)33-15-22-20-11-7-5-9-18(20)19-10-6-8-12-21(19)22/h5-12,17,22H,13-16H2,1-4H3,(H,27,32)(H,29,30). The smallest absolute Gasteiger partial charge is 0.407 e. The van der Waals surface area contributed by atoms with Gasteiger partial charge in [-0.05, 0) is 27.7 Å². The van der Waals surface area contributed by atoms with Crippen LogP contribution in [0.4, 0.5) is 4.79 Å². The second-order valence-electron chi connectivity index (χ2n) is 9.76. The third kappa shape index (κ3) is 6.12. The van der Waals surface area contributed by atoms with Crippen LogP contribution in [-0.4, -0.2) is 54.2 Å². The lowest BCUT2D eigenvalue weighted by Crippen LogP contribution is -2.46. The molecule has 3 rings (SSSR count). The molecule has 0 aliphatic heterocycles. The zero-order valence-electron chi connectivity index (χ0n) is 19.6. The largest absolute Gasteiger partial charge is 0.480 e. The molecule has 0 spiro atoms. The molecule has 2 N–H and O–H groups in total. The van der Waals surface area contributed by atoms with E-state index in [0.717, 1.165) is 22.3 Å². The van der Waals surface area contributed by atoms with E-state index in [-0.39, 0.29) is 36.9 Å². The fraction of sp³-hybridized carbons (Fsp3) is 0.423. The number of nitrogens with one attached hydrogen (secondary N) is 1. The Labute approximate surface area is 194 Å². The number of benzene rings is 2. The third-order valence-corrected chi connectivity index (χ3v) is 5.62. The highest BCUT2D eigenvalue weighted by atomic mass is 16.5. The molecule has 2 aromatic carbocycles. The fourth-order valence-electron chi connectivity index (χ4n) is 4.23. The number of ether oxygens (including phenoxy) is 1. The number of carbonyl (C=O) groups excluding carboxylic acids is 2. The molecule has 7 heteroatoms. The Balaban J connectivity index is 1.56. The van der Waals surface area contributed by atoms with E-state index in [0.29, 0.717) is 6.54 Å². The number of rotatable bonds is 8. The average molecular weight is 453 g/mol. The highest BCUT2D eigenvalue weighted by Gasteiger charge is 2.30. The zero-order valence-corrected chi connectivity index (χ0v) is 19.6. The van der Waals surface area contributed by atoms with Crippen molar-refractivity contribution >= 4 is 18.0 Å². The van der Waals surface area contributed by atoms with Gasteiger partial charge in [-0.1, -0.05) is 76.2 Å². The first-order valence-electron chi connectivity index (χ1n) is 11.2. The van der Waals surface area contributed by atoms with Gasteiger partial charge in [-0.15, -0.1) is 0 Å². The number of aliphatic carboxylic acids is 1. The lowest BCUT2D eigenvalue weighted by atomic mass is 9.95. The number of nitrogens with zero attached hydrogens (tertiary/aromatic N) is 1. The number of fused-ring (bicyclic) bond motifs is 3. The summed E-state index contributed by atoms with van der Waals surface area (Å²) < 4.78 is 5.51. The van der Waals surface area contributed by atoms with Crippen molar-refractivity contribution in [2.75, 3.05) is 26.2 Å². The van der Waals surface area contributed by atoms with Crippen molar-refractivity contribution in [2.45, 2.75) is 33.6 Å². The Morgan fingerprint density at radius 1 is 1.03 bits per heavy atom. The van der Waals surface area contributed by atoms with Gasteiger partial charge in [-0.2, -0.15) is 0 Å². The monoisotopic (exact) mass is 452 g/mol. The van der Waals surface area contributed by atoms with E-state index >= 15 is 0 Å². The predicted molar refractivity (Wildman–Crippen MR) is 126 cm³/mol. The minimum absolute atomic E-state index is 0.0416. The van der Waals surface area contributed by atoms with Crippen LogP contribution >= 0.6 is 0 Å². The number of hydrogen-bond donors (Lipinski definition) is 2. The van der Waals surface area contributed by atoms with E-state index < -0.39 is 18.0 Å². The van der Waals surface area contributed by atoms with Crippen LogP contribution in [0.1, 0.15) is 44.7 Å². The molecule has 0 radical (unpaired) electrons. The minimum atomic E-state index is -1.07. The normalized spacial score (nSPS) is 13.6. The van der Waals surface area contributed by atoms with Gasteiger partial charge in [0.2, 0.25) is 5.91 Å². The van der Waals surface area contributed by atoms with E-state index in [1.165, 1.54) is 4.90 Å². The van der Waals surface area contributed by atoms with Crippen LogP contribution in [0.3, 0.4) is 0 Å². The average Bonchev–Trinajstić information content (AvgIpc) is 3.07. The molecule has 0 bridgehead atoms. The van der Waals surface area contributed by atoms with E-state index in [9.17, 15) is 14.4 Å². The third-order valence-electron chi connectivity index (χ3n) is 5.62. The van der Waals surface area contributed by atoms with Crippen molar-refractivity contribution in [1.29, 1.82) is 0 Å². The molecule has 0 fully saturated rings. The molecule has 1 atom stereocenters. The maximum atomic E-state index is 12.8. The molecule has 1 unspecified atom stereocenters. The Morgan fingerprint density at radius 2 is 1.58 bits per heavy atom. The van der Waals surface area contributed by atoms with E-state index in [4.69, 9.17) is 9.84 Å².